The first kappa shape index (κ1) is 21.7. The monoisotopic (exact) mass is 415 g/mol. The van der Waals surface area contributed by atoms with Gasteiger partial charge < -0.3 is 15.5 Å². The highest BCUT2D eigenvalue weighted by Crippen LogP contribution is 2.22. The average Bonchev–Trinajstić information content (AvgIpc) is 2.75. The lowest BCUT2D eigenvalue weighted by Gasteiger charge is -2.32. The Labute approximate surface area is 175 Å². The summed E-state index contributed by atoms with van der Waals surface area (Å²) in [5.74, 6) is -0.984. The Morgan fingerprint density at radius 1 is 1.03 bits per heavy atom. The molecule has 5 nitrogen and oxygen atoms in total. The average molecular weight is 415 g/mol. The summed E-state index contributed by atoms with van der Waals surface area (Å²) in [5.41, 5.74) is 1.13. The molecule has 0 aromatic heterocycles. The molecule has 1 aliphatic rings. The third-order valence-electron chi connectivity index (χ3n) is 5.43. The summed E-state index contributed by atoms with van der Waals surface area (Å²) in [6, 6.07) is 12.6. The van der Waals surface area contributed by atoms with Gasteiger partial charge >= 0.3 is 6.03 Å². The van der Waals surface area contributed by atoms with Crippen molar-refractivity contribution in [3.05, 3.63) is 65.7 Å². The molecule has 0 radical (unpaired) electrons. The van der Waals surface area contributed by atoms with E-state index in [-0.39, 0.29) is 17.6 Å². The number of hydrogen-bond donors (Lipinski definition) is 2. The van der Waals surface area contributed by atoms with Crippen molar-refractivity contribution in [2.45, 2.75) is 32.1 Å². The van der Waals surface area contributed by atoms with E-state index < -0.39 is 11.6 Å². The standard InChI is InChI=1S/C23H27F2N3O2/c24-19-7-8-21(20(25)16-19)27-23(30)28-14-11-18(12-15-28)10-13-26-22(29)9-6-17-4-2-1-3-5-17/h1-5,7-8,16,18H,6,9-15H2,(H,26,29)(H,27,30). The third-order valence-corrected chi connectivity index (χ3v) is 5.43. The molecule has 2 aromatic rings. The Kier molecular flexibility index (Phi) is 7.76. The van der Waals surface area contributed by atoms with Crippen LogP contribution in [-0.2, 0) is 11.2 Å². The fourth-order valence-electron chi connectivity index (χ4n) is 3.62. The molecular weight excluding hydrogens is 388 g/mol. The smallest absolute Gasteiger partial charge is 0.321 e. The summed E-state index contributed by atoms with van der Waals surface area (Å²) in [6.45, 7) is 1.77. The van der Waals surface area contributed by atoms with Gasteiger partial charge in [0.25, 0.3) is 0 Å². The minimum absolute atomic E-state index is 0.0262. The van der Waals surface area contributed by atoms with Crippen LogP contribution < -0.4 is 10.6 Å². The number of urea groups is 1. The fraction of sp³-hybridized carbons (Fsp3) is 0.391. The number of nitrogens with one attached hydrogen (secondary N) is 2. The van der Waals surface area contributed by atoms with Gasteiger partial charge in [-0.1, -0.05) is 30.3 Å². The van der Waals surface area contributed by atoms with E-state index >= 15 is 0 Å². The van der Waals surface area contributed by atoms with Gasteiger partial charge in [-0.2, -0.15) is 0 Å². The van der Waals surface area contributed by atoms with Crippen molar-refractivity contribution < 1.29 is 18.4 Å². The van der Waals surface area contributed by atoms with E-state index in [9.17, 15) is 18.4 Å². The largest absolute Gasteiger partial charge is 0.356 e. The molecule has 0 spiro atoms. The van der Waals surface area contributed by atoms with Gasteiger partial charge in [0.1, 0.15) is 11.6 Å². The van der Waals surface area contributed by atoms with Crippen LogP contribution in [0.4, 0.5) is 19.3 Å². The predicted molar refractivity (Wildman–Crippen MR) is 112 cm³/mol. The van der Waals surface area contributed by atoms with Crippen molar-refractivity contribution in [1.82, 2.24) is 10.2 Å². The summed E-state index contributed by atoms with van der Waals surface area (Å²) in [6.07, 6.45) is 3.74. The molecule has 0 atom stereocenters. The van der Waals surface area contributed by atoms with Crippen molar-refractivity contribution in [2.75, 3.05) is 25.0 Å². The molecule has 3 rings (SSSR count). The number of amides is 3. The number of aryl methyl sites for hydroxylation is 1. The molecule has 160 valence electrons. The van der Waals surface area contributed by atoms with Crippen LogP contribution in [0.5, 0.6) is 0 Å². The summed E-state index contributed by atoms with van der Waals surface area (Å²) in [5, 5.41) is 5.47. The van der Waals surface area contributed by atoms with Gasteiger partial charge in [0.15, 0.2) is 0 Å². The Balaban J connectivity index is 1.32. The van der Waals surface area contributed by atoms with Crippen LogP contribution in [0.25, 0.3) is 0 Å². The molecule has 1 heterocycles. The molecule has 0 saturated carbocycles. The zero-order chi connectivity index (χ0) is 21.3. The quantitative estimate of drug-likeness (QED) is 0.706. The number of benzene rings is 2. The van der Waals surface area contributed by atoms with Gasteiger partial charge in [0.2, 0.25) is 5.91 Å². The lowest BCUT2D eigenvalue weighted by molar-refractivity contribution is -0.121. The Morgan fingerprint density at radius 3 is 2.47 bits per heavy atom. The lowest BCUT2D eigenvalue weighted by Crippen LogP contribution is -2.41. The normalized spacial score (nSPS) is 14.4. The highest BCUT2D eigenvalue weighted by molar-refractivity contribution is 5.89. The number of likely N-dealkylation sites (tertiary alicyclic amines) is 1. The van der Waals surface area contributed by atoms with Crippen molar-refractivity contribution in [1.29, 1.82) is 0 Å². The number of nitrogens with zero attached hydrogens (tertiary/aromatic N) is 1. The summed E-state index contributed by atoms with van der Waals surface area (Å²) >= 11 is 0. The van der Waals surface area contributed by atoms with Gasteiger partial charge in [0.05, 0.1) is 5.69 Å². The summed E-state index contributed by atoms with van der Waals surface area (Å²) < 4.78 is 26.7. The molecule has 30 heavy (non-hydrogen) atoms. The van der Waals surface area contributed by atoms with E-state index in [0.29, 0.717) is 32.0 Å². The number of piperidine rings is 1. The maximum atomic E-state index is 13.7. The van der Waals surface area contributed by atoms with Gasteiger partial charge in [-0.15, -0.1) is 0 Å². The number of carbonyl (C=O) groups excluding carboxylic acids is 2. The molecule has 3 amide bonds. The van der Waals surface area contributed by atoms with Gasteiger partial charge in [-0.05, 0) is 49.3 Å². The van der Waals surface area contributed by atoms with Crippen LogP contribution in [0.2, 0.25) is 0 Å². The molecule has 1 saturated heterocycles. The number of halogens is 2. The Bertz CT molecular complexity index is 853. The number of hydrogen-bond acceptors (Lipinski definition) is 2. The van der Waals surface area contributed by atoms with E-state index in [1.807, 2.05) is 30.3 Å². The number of carbonyl (C=O) groups is 2. The zero-order valence-electron chi connectivity index (χ0n) is 16.9. The first-order chi connectivity index (χ1) is 14.5. The predicted octanol–water partition coefficient (Wildman–Crippen LogP) is 4.35. The van der Waals surface area contributed by atoms with Crippen molar-refractivity contribution in [3.63, 3.8) is 0 Å². The lowest BCUT2D eigenvalue weighted by atomic mass is 9.93. The second-order valence-electron chi connectivity index (χ2n) is 7.61. The molecule has 1 fully saturated rings. The first-order valence-corrected chi connectivity index (χ1v) is 10.3. The van der Waals surface area contributed by atoms with E-state index in [2.05, 4.69) is 10.6 Å². The second kappa shape index (κ2) is 10.7. The van der Waals surface area contributed by atoms with Crippen molar-refractivity contribution in [3.8, 4) is 0 Å². The highest BCUT2D eigenvalue weighted by Gasteiger charge is 2.23. The van der Waals surface area contributed by atoms with E-state index in [0.717, 1.165) is 43.4 Å². The SMILES string of the molecule is O=C(CCc1ccccc1)NCCC1CCN(C(=O)Nc2ccc(F)cc2F)CC1. The first-order valence-electron chi connectivity index (χ1n) is 10.3. The Hall–Kier alpha value is -2.96. The van der Waals surface area contributed by atoms with Gasteiger partial charge in [0, 0.05) is 32.1 Å². The molecule has 2 N–H and O–H groups in total. The molecule has 7 heteroatoms. The van der Waals surface area contributed by atoms with Crippen LogP contribution in [0, 0.1) is 17.6 Å². The van der Waals surface area contributed by atoms with Crippen LogP contribution in [-0.4, -0.2) is 36.5 Å². The van der Waals surface area contributed by atoms with Crippen molar-refractivity contribution in [2.24, 2.45) is 5.92 Å². The van der Waals surface area contributed by atoms with Crippen LogP contribution in [0.1, 0.15) is 31.2 Å². The van der Waals surface area contributed by atoms with Crippen LogP contribution >= 0.6 is 0 Å². The maximum Gasteiger partial charge on any atom is 0.321 e. The summed E-state index contributed by atoms with van der Waals surface area (Å²) in [7, 11) is 0. The highest BCUT2D eigenvalue weighted by atomic mass is 19.1. The maximum absolute atomic E-state index is 13.7. The van der Waals surface area contributed by atoms with Crippen LogP contribution in [0.3, 0.4) is 0 Å². The van der Waals surface area contributed by atoms with E-state index in [4.69, 9.17) is 0 Å². The van der Waals surface area contributed by atoms with E-state index in [1.54, 1.807) is 4.90 Å². The molecular formula is C23H27F2N3O2. The van der Waals surface area contributed by atoms with Gasteiger partial charge in [-0.3, -0.25) is 4.79 Å². The number of rotatable bonds is 7. The molecule has 0 bridgehead atoms. The van der Waals surface area contributed by atoms with Crippen LogP contribution in [0.15, 0.2) is 48.5 Å². The molecule has 2 aromatic carbocycles. The molecule has 0 aliphatic carbocycles. The third kappa shape index (κ3) is 6.54. The molecule has 1 aliphatic heterocycles. The topological polar surface area (TPSA) is 61.4 Å². The van der Waals surface area contributed by atoms with E-state index in [1.165, 1.54) is 6.07 Å². The zero-order valence-corrected chi connectivity index (χ0v) is 16.9. The summed E-state index contributed by atoms with van der Waals surface area (Å²) in [4.78, 5) is 25.9. The fourth-order valence-corrected chi connectivity index (χ4v) is 3.62. The minimum Gasteiger partial charge on any atom is -0.356 e. The molecule has 0 unspecified atom stereocenters. The Morgan fingerprint density at radius 2 is 1.77 bits per heavy atom. The van der Waals surface area contributed by atoms with Gasteiger partial charge in [-0.25, -0.2) is 13.6 Å². The van der Waals surface area contributed by atoms with Crippen molar-refractivity contribution >= 4 is 17.6 Å². The number of anilines is 1. The second-order valence-corrected chi connectivity index (χ2v) is 7.61. The minimum atomic E-state index is -0.791.